The lowest BCUT2D eigenvalue weighted by Gasteiger charge is -2.58. The molecular formula is C26H43NOS. The van der Waals surface area contributed by atoms with Crippen LogP contribution in [0.2, 0.25) is 0 Å². The molecule has 5 aliphatic rings. The Hall–Kier alpha value is 0.01000. The number of nitrogens with zero attached hydrogens (tertiary/aromatic N) is 1. The second-order valence-corrected chi connectivity index (χ2v) is 13.0. The smallest absolute Gasteiger partial charge is 0.0577 e. The number of thioether (sulfide) groups is 1. The molecule has 5 rings (SSSR count). The number of hydrogen-bond donors (Lipinski definition) is 1. The molecule has 4 fully saturated rings. The summed E-state index contributed by atoms with van der Waals surface area (Å²) in [6.45, 7) is 11.8. The van der Waals surface area contributed by atoms with Crippen LogP contribution in [-0.4, -0.2) is 47.3 Å². The summed E-state index contributed by atoms with van der Waals surface area (Å²) >= 11 is 2.13. The number of fused-ring (bicyclic) bond motifs is 5. The van der Waals surface area contributed by atoms with Crippen LogP contribution in [0.5, 0.6) is 0 Å². The molecule has 0 bridgehead atoms. The van der Waals surface area contributed by atoms with Gasteiger partial charge in [0.15, 0.2) is 0 Å². The van der Waals surface area contributed by atoms with Gasteiger partial charge < -0.3 is 10.0 Å². The number of aliphatic hydroxyl groups is 1. The van der Waals surface area contributed by atoms with E-state index in [-0.39, 0.29) is 6.10 Å². The first-order chi connectivity index (χ1) is 13.9. The molecule has 1 N–H and O–H groups in total. The Kier molecular flexibility index (Phi) is 5.66. The third-order valence-corrected chi connectivity index (χ3v) is 11.4. The molecule has 164 valence electrons. The molecule has 2 nitrogen and oxygen atoms in total. The van der Waals surface area contributed by atoms with Crippen LogP contribution in [0, 0.1) is 40.4 Å². The summed E-state index contributed by atoms with van der Waals surface area (Å²) in [4.78, 5) is 2.76. The molecule has 3 unspecified atom stereocenters. The van der Waals surface area contributed by atoms with Gasteiger partial charge in [0.05, 0.1) is 6.10 Å². The van der Waals surface area contributed by atoms with Crippen LogP contribution in [0.4, 0.5) is 0 Å². The van der Waals surface area contributed by atoms with Gasteiger partial charge in [0, 0.05) is 31.1 Å². The molecule has 0 radical (unpaired) electrons. The van der Waals surface area contributed by atoms with E-state index >= 15 is 0 Å². The van der Waals surface area contributed by atoms with E-state index in [1.54, 1.807) is 5.57 Å². The van der Waals surface area contributed by atoms with Crippen LogP contribution in [0.25, 0.3) is 0 Å². The molecule has 3 heteroatoms. The van der Waals surface area contributed by atoms with Crippen molar-refractivity contribution in [2.75, 3.05) is 31.1 Å². The quantitative estimate of drug-likeness (QED) is 0.604. The summed E-state index contributed by atoms with van der Waals surface area (Å²) in [5, 5.41) is 10.2. The number of allylic oxidation sites excluding steroid dienone is 1. The van der Waals surface area contributed by atoms with Crippen molar-refractivity contribution < 1.29 is 5.11 Å². The van der Waals surface area contributed by atoms with Crippen molar-refractivity contribution in [2.24, 2.45) is 40.4 Å². The van der Waals surface area contributed by atoms with Crippen LogP contribution in [-0.2, 0) is 0 Å². The fourth-order valence-corrected chi connectivity index (χ4v) is 9.91. The van der Waals surface area contributed by atoms with Crippen molar-refractivity contribution in [3.63, 3.8) is 0 Å². The lowest BCUT2D eigenvalue weighted by Crippen LogP contribution is -2.51. The van der Waals surface area contributed by atoms with Gasteiger partial charge >= 0.3 is 0 Å². The highest BCUT2D eigenvalue weighted by Gasteiger charge is 2.59. The molecule has 1 saturated heterocycles. The maximum absolute atomic E-state index is 10.2. The predicted molar refractivity (Wildman–Crippen MR) is 124 cm³/mol. The summed E-state index contributed by atoms with van der Waals surface area (Å²) in [5.41, 5.74) is 2.58. The largest absolute Gasteiger partial charge is 0.393 e. The minimum atomic E-state index is -0.0790. The van der Waals surface area contributed by atoms with Crippen molar-refractivity contribution in [1.29, 1.82) is 0 Å². The van der Waals surface area contributed by atoms with E-state index in [1.807, 2.05) is 0 Å². The summed E-state index contributed by atoms with van der Waals surface area (Å²) < 4.78 is 0. The van der Waals surface area contributed by atoms with Gasteiger partial charge in [-0.15, -0.1) is 0 Å². The normalized spacial score (nSPS) is 49.0. The number of rotatable bonds is 3. The van der Waals surface area contributed by atoms with E-state index in [1.165, 1.54) is 69.7 Å². The van der Waals surface area contributed by atoms with Gasteiger partial charge in [-0.25, -0.2) is 0 Å². The summed E-state index contributed by atoms with van der Waals surface area (Å²) in [6.07, 6.45) is 12.8. The predicted octanol–water partition coefficient (Wildman–Crippen LogP) is 5.61. The van der Waals surface area contributed by atoms with Gasteiger partial charge in [-0.3, -0.25) is 0 Å². The van der Waals surface area contributed by atoms with Crippen LogP contribution < -0.4 is 0 Å². The molecule has 0 aromatic rings. The summed E-state index contributed by atoms with van der Waals surface area (Å²) in [7, 11) is 0. The van der Waals surface area contributed by atoms with Gasteiger partial charge in [-0.05, 0) is 91.8 Å². The zero-order chi connectivity index (χ0) is 20.2. The molecule has 3 saturated carbocycles. The van der Waals surface area contributed by atoms with Gasteiger partial charge in [0.25, 0.3) is 0 Å². The number of aliphatic hydroxyl groups excluding tert-OH is 1. The third-order valence-electron chi connectivity index (χ3n) is 10.5. The van der Waals surface area contributed by atoms with Crippen molar-refractivity contribution >= 4 is 11.8 Å². The van der Waals surface area contributed by atoms with E-state index in [2.05, 4.69) is 43.5 Å². The molecular weight excluding hydrogens is 374 g/mol. The van der Waals surface area contributed by atoms with E-state index in [4.69, 9.17) is 0 Å². The van der Waals surface area contributed by atoms with Crippen LogP contribution >= 0.6 is 11.8 Å². The molecule has 0 aromatic carbocycles. The highest BCUT2D eigenvalue weighted by molar-refractivity contribution is 7.99. The average Bonchev–Trinajstić information content (AvgIpc) is 3.06. The summed E-state index contributed by atoms with van der Waals surface area (Å²) in [6, 6.07) is 0. The molecule has 1 heterocycles. The fourth-order valence-electron chi connectivity index (χ4n) is 8.94. The van der Waals surface area contributed by atoms with Gasteiger partial charge in [-0.2, -0.15) is 11.8 Å². The Morgan fingerprint density at radius 2 is 1.90 bits per heavy atom. The highest BCUT2D eigenvalue weighted by Crippen LogP contribution is 2.67. The standard InChI is InChI=1S/C26H43NOS/c1-18(17-27-12-14-29-15-13-27)22-6-7-23-21-5-4-19-16-20(28)8-10-25(19,2)24(21)9-11-26(22,23)3/h4,18,20-24,28H,5-17H2,1-3H3/t18-,20+,21?,22-,23?,24?,25+,26-/m1/s1. The molecule has 1 aliphatic heterocycles. The van der Waals surface area contributed by atoms with E-state index < -0.39 is 0 Å². The zero-order valence-corrected chi connectivity index (χ0v) is 19.9. The van der Waals surface area contributed by atoms with Crippen molar-refractivity contribution in [3.05, 3.63) is 11.6 Å². The maximum Gasteiger partial charge on any atom is 0.0577 e. The summed E-state index contributed by atoms with van der Waals surface area (Å²) in [5.74, 6) is 7.16. The van der Waals surface area contributed by atoms with Gasteiger partial charge in [0.2, 0.25) is 0 Å². The van der Waals surface area contributed by atoms with Crippen LogP contribution in [0.15, 0.2) is 11.6 Å². The van der Waals surface area contributed by atoms with Gasteiger partial charge in [-0.1, -0.05) is 32.4 Å². The minimum absolute atomic E-state index is 0.0790. The molecule has 8 atom stereocenters. The Balaban J connectivity index is 1.33. The number of hydrogen-bond acceptors (Lipinski definition) is 3. The highest BCUT2D eigenvalue weighted by atomic mass is 32.2. The lowest BCUT2D eigenvalue weighted by molar-refractivity contribution is -0.0583. The van der Waals surface area contributed by atoms with Crippen LogP contribution in [0.1, 0.15) is 72.1 Å². The first-order valence-electron chi connectivity index (χ1n) is 12.6. The van der Waals surface area contributed by atoms with Crippen molar-refractivity contribution in [3.8, 4) is 0 Å². The maximum atomic E-state index is 10.2. The Bertz CT molecular complexity index is 643. The molecule has 4 aliphatic carbocycles. The lowest BCUT2D eigenvalue weighted by atomic mass is 9.47. The molecule has 0 aromatic heterocycles. The Labute approximate surface area is 183 Å². The minimum Gasteiger partial charge on any atom is -0.393 e. The fraction of sp³-hybridized carbons (Fsp3) is 0.923. The third kappa shape index (κ3) is 3.46. The van der Waals surface area contributed by atoms with E-state index in [9.17, 15) is 5.11 Å². The van der Waals surface area contributed by atoms with Crippen molar-refractivity contribution in [1.82, 2.24) is 4.90 Å². The zero-order valence-electron chi connectivity index (χ0n) is 19.0. The van der Waals surface area contributed by atoms with E-state index in [0.29, 0.717) is 10.8 Å². The molecule has 29 heavy (non-hydrogen) atoms. The second kappa shape index (κ2) is 7.85. The van der Waals surface area contributed by atoms with E-state index in [0.717, 1.165) is 42.4 Å². The Morgan fingerprint density at radius 1 is 1.10 bits per heavy atom. The van der Waals surface area contributed by atoms with Crippen molar-refractivity contribution in [2.45, 2.75) is 78.2 Å². The Morgan fingerprint density at radius 3 is 2.69 bits per heavy atom. The first kappa shape index (κ1) is 20.9. The first-order valence-corrected chi connectivity index (χ1v) is 13.7. The van der Waals surface area contributed by atoms with Gasteiger partial charge in [0.1, 0.15) is 0 Å². The topological polar surface area (TPSA) is 23.5 Å². The monoisotopic (exact) mass is 417 g/mol. The second-order valence-electron chi connectivity index (χ2n) is 11.8. The SMILES string of the molecule is C[C@H](CN1CCSCC1)[C@H]1CCC2C3CC=C4C[C@@H](O)CC[C@]4(C)C3CC[C@@]21C. The molecule has 0 amide bonds. The van der Waals surface area contributed by atoms with Crippen LogP contribution in [0.3, 0.4) is 0 Å². The molecule has 0 spiro atoms. The average molecular weight is 418 g/mol.